The van der Waals surface area contributed by atoms with Gasteiger partial charge in [0.2, 0.25) is 5.91 Å². The molecule has 0 saturated carbocycles. The number of hydrogen-bond donors (Lipinski definition) is 0. The Hall–Kier alpha value is -2.95. The maximum atomic E-state index is 13.2. The van der Waals surface area contributed by atoms with Crippen LogP contribution in [0.1, 0.15) is 40.2 Å². The number of fused-ring (bicyclic) bond motifs is 5. The SMILES string of the molecule is CC(C)C(=O)N1Cc2ccccc2-c2nnn(C(C)(C)C)c2-c2ccccc21. The maximum absolute atomic E-state index is 13.2. The molecule has 0 atom stereocenters. The van der Waals surface area contributed by atoms with E-state index in [1.54, 1.807) is 0 Å². The summed E-state index contributed by atoms with van der Waals surface area (Å²) in [7, 11) is 0. The standard InChI is InChI=1S/C23H26N4O/c1-15(2)22(28)26-14-16-10-6-7-11-17(16)20-21(18-12-8-9-13-19(18)26)27(25-24-20)23(3,4)5/h6-13,15H,14H2,1-5H3. The average Bonchev–Trinajstić information content (AvgIpc) is 3.09. The summed E-state index contributed by atoms with van der Waals surface area (Å²) in [6.07, 6.45) is 0. The molecular weight excluding hydrogens is 348 g/mol. The van der Waals surface area contributed by atoms with E-state index in [-0.39, 0.29) is 17.4 Å². The molecule has 0 saturated heterocycles. The Kier molecular flexibility index (Phi) is 4.33. The van der Waals surface area contributed by atoms with Gasteiger partial charge in [0.1, 0.15) is 5.69 Å². The molecule has 0 unspecified atom stereocenters. The number of carbonyl (C=O) groups is 1. The molecule has 5 nitrogen and oxygen atoms in total. The van der Waals surface area contributed by atoms with Crippen molar-refractivity contribution in [1.82, 2.24) is 15.0 Å². The fourth-order valence-electron chi connectivity index (χ4n) is 3.74. The van der Waals surface area contributed by atoms with Gasteiger partial charge in [-0.15, -0.1) is 5.10 Å². The predicted molar refractivity (Wildman–Crippen MR) is 112 cm³/mol. The molecule has 5 heteroatoms. The van der Waals surface area contributed by atoms with E-state index in [4.69, 9.17) is 0 Å². The zero-order valence-corrected chi connectivity index (χ0v) is 17.1. The molecule has 4 rings (SSSR count). The van der Waals surface area contributed by atoms with E-state index in [1.807, 2.05) is 53.8 Å². The number of hydrogen-bond acceptors (Lipinski definition) is 3. The summed E-state index contributed by atoms with van der Waals surface area (Å²) >= 11 is 0. The van der Waals surface area contributed by atoms with E-state index in [1.165, 1.54) is 0 Å². The summed E-state index contributed by atoms with van der Waals surface area (Å²) in [6.45, 7) is 10.8. The normalized spacial score (nSPS) is 13.4. The van der Waals surface area contributed by atoms with Crippen molar-refractivity contribution in [3.05, 3.63) is 54.1 Å². The van der Waals surface area contributed by atoms with Crippen molar-refractivity contribution < 1.29 is 4.79 Å². The molecule has 0 aliphatic carbocycles. The molecule has 3 aromatic rings. The van der Waals surface area contributed by atoms with Crippen LogP contribution in [0, 0.1) is 5.92 Å². The number of carbonyl (C=O) groups excluding carboxylic acids is 1. The van der Waals surface area contributed by atoms with E-state index in [9.17, 15) is 4.79 Å². The van der Waals surface area contributed by atoms with Crippen LogP contribution in [0.25, 0.3) is 22.5 Å². The van der Waals surface area contributed by atoms with Gasteiger partial charge in [-0.2, -0.15) is 0 Å². The van der Waals surface area contributed by atoms with Gasteiger partial charge in [0.15, 0.2) is 0 Å². The van der Waals surface area contributed by atoms with Crippen LogP contribution in [0.3, 0.4) is 0 Å². The van der Waals surface area contributed by atoms with Gasteiger partial charge >= 0.3 is 0 Å². The molecule has 1 aliphatic rings. The van der Waals surface area contributed by atoms with Crippen molar-refractivity contribution in [2.45, 2.75) is 46.7 Å². The van der Waals surface area contributed by atoms with E-state index in [0.717, 1.165) is 33.8 Å². The highest BCUT2D eigenvalue weighted by Crippen LogP contribution is 2.42. The third kappa shape index (κ3) is 2.91. The van der Waals surface area contributed by atoms with Gasteiger partial charge in [0.05, 0.1) is 23.5 Å². The third-order valence-corrected chi connectivity index (χ3v) is 5.12. The van der Waals surface area contributed by atoms with E-state index >= 15 is 0 Å². The molecule has 0 spiro atoms. The van der Waals surface area contributed by atoms with Crippen molar-refractivity contribution in [3.63, 3.8) is 0 Å². The van der Waals surface area contributed by atoms with Gasteiger partial charge in [0, 0.05) is 17.0 Å². The minimum Gasteiger partial charge on any atom is -0.307 e. The quantitative estimate of drug-likeness (QED) is 0.611. The second-order valence-electron chi connectivity index (χ2n) is 8.62. The number of nitrogens with zero attached hydrogens (tertiary/aromatic N) is 4. The monoisotopic (exact) mass is 374 g/mol. The molecule has 0 fully saturated rings. The summed E-state index contributed by atoms with van der Waals surface area (Å²) < 4.78 is 1.97. The van der Waals surface area contributed by atoms with Gasteiger partial charge in [0.25, 0.3) is 0 Å². The first-order valence-corrected chi connectivity index (χ1v) is 9.74. The van der Waals surface area contributed by atoms with Crippen LogP contribution in [0.15, 0.2) is 48.5 Å². The van der Waals surface area contributed by atoms with Crippen molar-refractivity contribution in [2.75, 3.05) is 4.90 Å². The van der Waals surface area contributed by atoms with Gasteiger partial charge in [-0.3, -0.25) is 4.79 Å². The molecule has 1 aliphatic heterocycles. The summed E-state index contributed by atoms with van der Waals surface area (Å²) in [5, 5.41) is 9.10. The van der Waals surface area contributed by atoms with Crippen LogP contribution in [0.5, 0.6) is 0 Å². The minimum absolute atomic E-state index is 0.0928. The molecule has 2 heterocycles. The zero-order chi connectivity index (χ0) is 20.1. The van der Waals surface area contributed by atoms with Gasteiger partial charge in [-0.25, -0.2) is 4.68 Å². The number of aromatic nitrogens is 3. The lowest BCUT2D eigenvalue weighted by atomic mass is 9.94. The largest absolute Gasteiger partial charge is 0.307 e. The van der Waals surface area contributed by atoms with E-state index < -0.39 is 0 Å². The average molecular weight is 374 g/mol. The van der Waals surface area contributed by atoms with Crippen LogP contribution < -0.4 is 4.90 Å². The lowest BCUT2D eigenvalue weighted by molar-refractivity contribution is -0.121. The van der Waals surface area contributed by atoms with Crippen molar-refractivity contribution in [3.8, 4) is 22.5 Å². The second kappa shape index (κ2) is 6.59. The molecule has 0 bridgehead atoms. The molecule has 1 aromatic heterocycles. The predicted octanol–water partition coefficient (Wildman–Crippen LogP) is 4.87. The van der Waals surface area contributed by atoms with Crippen molar-refractivity contribution in [2.24, 2.45) is 5.92 Å². The van der Waals surface area contributed by atoms with Crippen LogP contribution in [-0.4, -0.2) is 20.9 Å². The summed E-state index contributed by atoms with van der Waals surface area (Å²) in [5.41, 5.74) is 5.59. The van der Waals surface area contributed by atoms with E-state index in [0.29, 0.717) is 6.54 Å². The maximum Gasteiger partial charge on any atom is 0.229 e. The number of rotatable bonds is 1. The fourth-order valence-corrected chi connectivity index (χ4v) is 3.74. The zero-order valence-electron chi connectivity index (χ0n) is 17.1. The first-order valence-electron chi connectivity index (χ1n) is 9.74. The fraction of sp³-hybridized carbons (Fsp3) is 0.348. The Morgan fingerprint density at radius 1 is 1.00 bits per heavy atom. The number of benzene rings is 2. The molecule has 1 amide bonds. The second-order valence-corrected chi connectivity index (χ2v) is 8.62. The highest BCUT2D eigenvalue weighted by Gasteiger charge is 2.32. The summed E-state index contributed by atoms with van der Waals surface area (Å²) in [4.78, 5) is 15.1. The van der Waals surface area contributed by atoms with Crippen molar-refractivity contribution >= 4 is 11.6 Å². The summed E-state index contributed by atoms with van der Waals surface area (Å²) in [5.74, 6) is 0.0188. The highest BCUT2D eigenvalue weighted by molar-refractivity contribution is 6.00. The Balaban J connectivity index is 2.09. The molecule has 144 valence electrons. The lowest BCUT2D eigenvalue weighted by Gasteiger charge is -2.31. The van der Waals surface area contributed by atoms with Crippen LogP contribution in [0.4, 0.5) is 5.69 Å². The number of para-hydroxylation sites is 1. The molecule has 2 aromatic carbocycles. The van der Waals surface area contributed by atoms with Gasteiger partial charge in [-0.05, 0) is 32.4 Å². The Labute approximate surface area is 166 Å². The van der Waals surface area contributed by atoms with Crippen LogP contribution in [-0.2, 0) is 16.9 Å². The van der Waals surface area contributed by atoms with Gasteiger partial charge in [-0.1, -0.05) is 61.5 Å². The lowest BCUT2D eigenvalue weighted by Crippen LogP contribution is -2.35. The van der Waals surface area contributed by atoms with E-state index in [2.05, 4.69) is 49.3 Å². The number of amides is 1. The van der Waals surface area contributed by atoms with Crippen LogP contribution in [0.2, 0.25) is 0 Å². The molecule has 0 N–H and O–H groups in total. The van der Waals surface area contributed by atoms with Crippen LogP contribution >= 0.6 is 0 Å². The van der Waals surface area contributed by atoms with Gasteiger partial charge < -0.3 is 4.90 Å². The summed E-state index contributed by atoms with van der Waals surface area (Å²) in [6, 6.07) is 16.2. The Bertz CT molecular complexity index is 1040. The Morgan fingerprint density at radius 3 is 2.32 bits per heavy atom. The Morgan fingerprint density at radius 2 is 1.64 bits per heavy atom. The number of anilines is 1. The topological polar surface area (TPSA) is 51.0 Å². The minimum atomic E-state index is -0.241. The van der Waals surface area contributed by atoms with Crippen molar-refractivity contribution in [1.29, 1.82) is 0 Å². The smallest absolute Gasteiger partial charge is 0.229 e. The third-order valence-electron chi connectivity index (χ3n) is 5.12. The molecule has 28 heavy (non-hydrogen) atoms. The molecular formula is C23H26N4O. The molecule has 0 radical (unpaired) electrons. The highest BCUT2D eigenvalue weighted by atomic mass is 16.2. The first-order chi connectivity index (χ1) is 13.3. The first kappa shape index (κ1) is 18.4.